The molecule has 0 saturated carbocycles. The summed E-state index contributed by atoms with van der Waals surface area (Å²) in [7, 11) is 2.35. The first kappa shape index (κ1) is 19.7. The summed E-state index contributed by atoms with van der Waals surface area (Å²) < 4.78 is 0. The predicted molar refractivity (Wildman–Crippen MR) is 110 cm³/mol. The normalized spacial score (nSPS) is 35.9. The highest BCUT2D eigenvalue weighted by Gasteiger charge is 2.47. The van der Waals surface area contributed by atoms with Gasteiger partial charge in [-0.05, 0) is 77.0 Å². The molecule has 0 aliphatic carbocycles. The fourth-order valence-corrected chi connectivity index (χ4v) is 6.58. The number of hydrogen-bond acceptors (Lipinski definition) is 4. The number of rotatable bonds is 5. The van der Waals surface area contributed by atoms with Gasteiger partial charge in [0, 0.05) is 51.2 Å². The van der Waals surface area contributed by atoms with E-state index in [1.54, 1.807) is 0 Å². The molecule has 27 heavy (non-hydrogen) atoms. The lowest BCUT2D eigenvalue weighted by molar-refractivity contribution is -0.133. The summed E-state index contributed by atoms with van der Waals surface area (Å²) in [5.74, 6) is 2.12. The van der Waals surface area contributed by atoms with Crippen molar-refractivity contribution in [3.63, 3.8) is 0 Å². The van der Waals surface area contributed by atoms with E-state index >= 15 is 0 Å². The highest BCUT2D eigenvalue weighted by molar-refractivity contribution is 5.76. The SMILES string of the molecule is CCN1CCN(C(=O)CCC[C@@H]2[C@H]3CCCN4CCC[C@@H](CN2C)[C@@H]34)CC1. The number of nitrogens with zero attached hydrogens (tertiary/aromatic N) is 4. The minimum atomic E-state index is 0.394. The molecule has 0 unspecified atom stereocenters. The minimum absolute atomic E-state index is 0.394. The van der Waals surface area contributed by atoms with Crippen LogP contribution in [0.3, 0.4) is 0 Å². The van der Waals surface area contributed by atoms with Crippen LogP contribution >= 0.6 is 0 Å². The van der Waals surface area contributed by atoms with Crippen molar-refractivity contribution in [1.82, 2.24) is 19.6 Å². The minimum Gasteiger partial charge on any atom is -0.340 e. The van der Waals surface area contributed by atoms with E-state index < -0.39 is 0 Å². The van der Waals surface area contributed by atoms with Crippen LogP contribution in [0.2, 0.25) is 0 Å². The fourth-order valence-electron chi connectivity index (χ4n) is 6.58. The van der Waals surface area contributed by atoms with Crippen LogP contribution in [0.5, 0.6) is 0 Å². The molecule has 0 radical (unpaired) electrons. The Bertz CT molecular complexity index is 503. The number of piperazine rings is 1. The van der Waals surface area contributed by atoms with Crippen LogP contribution in [0.4, 0.5) is 0 Å². The van der Waals surface area contributed by atoms with Crippen molar-refractivity contribution in [3.8, 4) is 0 Å². The van der Waals surface area contributed by atoms with Crippen molar-refractivity contribution < 1.29 is 4.79 Å². The number of likely N-dealkylation sites (tertiary alicyclic amines) is 1. The lowest BCUT2D eigenvalue weighted by Gasteiger charge is -2.57. The maximum Gasteiger partial charge on any atom is 0.222 e. The van der Waals surface area contributed by atoms with Crippen LogP contribution in [-0.4, -0.2) is 97.0 Å². The van der Waals surface area contributed by atoms with Gasteiger partial charge < -0.3 is 14.7 Å². The number of piperidine rings is 3. The number of carbonyl (C=O) groups is 1. The van der Waals surface area contributed by atoms with Gasteiger partial charge in [0.05, 0.1) is 0 Å². The molecule has 0 aromatic heterocycles. The molecule has 0 aromatic rings. The Morgan fingerprint density at radius 3 is 2.48 bits per heavy atom. The molecule has 154 valence electrons. The first-order valence-electron chi connectivity index (χ1n) is 11.6. The molecule has 0 bridgehead atoms. The average Bonchev–Trinajstić information content (AvgIpc) is 2.70. The molecule has 4 atom stereocenters. The summed E-state index contributed by atoms with van der Waals surface area (Å²) in [4.78, 5) is 22.7. The molecule has 4 fully saturated rings. The van der Waals surface area contributed by atoms with Crippen molar-refractivity contribution in [2.24, 2.45) is 11.8 Å². The van der Waals surface area contributed by atoms with Gasteiger partial charge in [-0.15, -0.1) is 0 Å². The predicted octanol–water partition coefficient (Wildman–Crippen LogP) is 2.13. The molecule has 4 heterocycles. The first-order valence-corrected chi connectivity index (χ1v) is 11.6. The van der Waals surface area contributed by atoms with E-state index in [1.165, 1.54) is 51.7 Å². The second kappa shape index (κ2) is 8.79. The molecular weight excluding hydrogens is 336 g/mol. The third-order valence-corrected chi connectivity index (χ3v) is 7.99. The zero-order chi connectivity index (χ0) is 18.8. The van der Waals surface area contributed by atoms with Crippen LogP contribution in [0.15, 0.2) is 0 Å². The van der Waals surface area contributed by atoms with Gasteiger partial charge in [-0.25, -0.2) is 0 Å². The summed E-state index contributed by atoms with van der Waals surface area (Å²) >= 11 is 0. The molecule has 4 aliphatic rings. The maximum absolute atomic E-state index is 12.6. The number of carbonyl (C=O) groups excluding carboxylic acids is 1. The topological polar surface area (TPSA) is 30.0 Å². The van der Waals surface area contributed by atoms with E-state index in [0.29, 0.717) is 11.9 Å². The van der Waals surface area contributed by atoms with Gasteiger partial charge in [0.15, 0.2) is 0 Å². The Morgan fingerprint density at radius 1 is 1.00 bits per heavy atom. The summed E-state index contributed by atoms with van der Waals surface area (Å²) in [6.45, 7) is 11.2. The highest BCUT2D eigenvalue weighted by atomic mass is 16.2. The molecule has 0 aromatic carbocycles. The van der Waals surface area contributed by atoms with E-state index in [1.807, 2.05) is 0 Å². The van der Waals surface area contributed by atoms with Gasteiger partial charge in [0.1, 0.15) is 0 Å². The van der Waals surface area contributed by atoms with Crippen LogP contribution in [-0.2, 0) is 4.79 Å². The second-order valence-corrected chi connectivity index (χ2v) is 9.45. The lowest BCUT2D eigenvalue weighted by Crippen LogP contribution is -2.63. The second-order valence-electron chi connectivity index (χ2n) is 9.45. The third kappa shape index (κ3) is 4.20. The van der Waals surface area contributed by atoms with E-state index in [0.717, 1.165) is 63.4 Å². The molecule has 5 nitrogen and oxygen atoms in total. The van der Waals surface area contributed by atoms with Gasteiger partial charge >= 0.3 is 0 Å². The smallest absolute Gasteiger partial charge is 0.222 e. The Labute approximate surface area is 166 Å². The average molecular weight is 377 g/mol. The van der Waals surface area contributed by atoms with Gasteiger partial charge in [-0.2, -0.15) is 0 Å². The number of likely N-dealkylation sites (N-methyl/N-ethyl adjacent to an activating group) is 1. The lowest BCUT2D eigenvalue weighted by atomic mass is 9.69. The molecule has 0 N–H and O–H groups in total. The summed E-state index contributed by atoms with van der Waals surface area (Å²) in [5.41, 5.74) is 0. The van der Waals surface area contributed by atoms with Gasteiger partial charge in [0.2, 0.25) is 5.91 Å². The standard InChI is InChI=1S/C22H40N4O/c1-3-24-13-15-25(16-14-24)21(27)10-4-9-20-19-8-6-12-26-11-5-7-18(22(19)26)17-23(20)2/h18-20,22H,3-17H2,1-2H3/t18-,19+,20+,22-/m0/s1. The van der Waals surface area contributed by atoms with Crippen molar-refractivity contribution in [1.29, 1.82) is 0 Å². The Kier molecular flexibility index (Phi) is 6.40. The van der Waals surface area contributed by atoms with Crippen molar-refractivity contribution in [2.75, 3.05) is 59.4 Å². The largest absolute Gasteiger partial charge is 0.340 e. The van der Waals surface area contributed by atoms with Gasteiger partial charge in [0.25, 0.3) is 0 Å². The summed E-state index contributed by atoms with van der Waals surface area (Å²) in [6, 6.07) is 1.53. The molecule has 4 aliphatic heterocycles. The Morgan fingerprint density at radius 2 is 1.74 bits per heavy atom. The number of amides is 1. The van der Waals surface area contributed by atoms with Crippen LogP contribution in [0.1, 0.15) is 51.9 Å². The zero-order valence-electron chi connectivity index (χ0n) is 17.6. The quantitative estimate of drug-likeness (QED) is 0.735. The first-order chi connectivity index (χ1) is 13.2. The zero-order valence-corrected chi connectivity index (χ0v) is 17.6. The Balaban J connectivity index is 1.28. The molecule has 1 amide bonds. The van der Waals surface area contributed by atoms with Crippen molar-refractivity contribution >= 4 is 5.91 Å². The molecule has 4 rings (SSSR count). The number of hydrogen-bond donors (Lipinski definition) is 0. The van der Waals surface area contributed by atoms with Crippen molar-refractivity contribution in [3.05, 3.63) is 0 Å². The van der Waals surface area contributed by atoms with Gasteiger partial charge in [-0.3, -0.25) is 9.69 Å². The maximum atomic E-state index is 12.6. The van der Waals surface area contributed by atoms with Crippen LogP contribution in [0, 0.1) is 11.8 Å². The van der Waals surface area contributed by atoms with E-state index in [9.17, 15) is 4.79 Å². The molecule has 5 heteroatoms. The molecule has 4 saturated heterocycles. The van der Waals surface area contributed by atoms with Crippen LogP contribution in [0.25, 0.3) is 0 Å². The van der Waals surface area contributed by atoms with E-state index in [4.69, 9.17) is 0 Å². The van der Waals surface area contributed by atoms with E-state index in [-0.39, 0.29) is 0 Å². The van der Waals surface area contributed by atoms with E-state index in [2.05, 4.69) is 33.6 Å². The van der Waals surface area contributed by atoms with Gasteiger partial charge in [-0.1, -0.05) is 6.92 Å². The highest BCUT2D eigenvalue weighted by Crippen LogP contribution is 2.42. The monoisotopic (exact) mass is 376 g/mol. The van der Waals surface area contributed by atoms with Crippen LogP contribution < -0.4 is 0 Å². The van der Waals surface area contributed by atoms with Crippen molar-refractivity contribution in [2.45, 2.75) is 64.0 Å². The fraction of sp³-hybridized carbons (Fsp3) is 0.955. The Hall–Kier alpha value is -0.650. The molecular formula is C22H40N4O. The third-order valence-electron chi connectivity index (χ3n) is 7.99. The summed E-state index contributed by atoms with van der Waals surface area (Å²) in [5, 5.41) is 0. The molecule has 0 spiro atoms. The summed E-state index contributed by atoms with van der Waals surface area (Å²) in [6.07, 6.45) is 8.62.